The van der Waals surface area contributed by atoms with Crippen molar-refractivity contribution < 1.29 is 17.6 Å². The molecule has 0 aromatic heterocycles. The number of rotatable bonds is 6. The van der Waals surface area contributed by atoms with Crippen LogP contribution in [0.4, 0.5) is 17.6 Å². The van der Waals surface area contributed by atoms with E-state index in [9.17, 15) is 17.6 Å². The molecule has 1 unspecified atom stereocenters. The van der Waals surface area contributed by atoms with Crippen LogP contribution in [-0.4, -0.2) is 18.9 Å². The molecule has 1 nitrogen and oxygen atoms in total. The zero-order valence-corrected chi connectivity index (χ0v) is 10.5. The summed E-state index contributed by atoms with van der Waals surface area (Å²) in [5.74, 6) is -4.12. The van der Waals surface area contributed by atoms with Gasteiger partial charge in [-0.25, -0.2) is 8.78 Å². The van der Waals surface area contributed by atoms with Crippen LogP contribution in [0.1, 0.15) is 24.9 Å². The minimum absolute atomic E-state index is 0.0955. The van der Waals surface area contributed by atoms with Crippen molar-refractivity contribution in [2.24, 2.45) is 0 Å². The molecule has 0 fully saturated rings. The van der Waals surface area contributed by atoms with E-state index in [1.165, 1.54) is 24.3 Å². The lowest BCUT2D eigenvalue weighted by Gasteiger charge is -2.27. The van der Waals surface area contributed by atoms with Crippen molar-refractivity contribution in [2.75, 3.05) is 6.54 Å². The Kier molecular flexibility index (Phi) is 5.41. The SMILES string of the molecule is CCCNC(c1ccc(Cl)cc1)C(F)(F)C(F)F. The average Bonchev–Trinajstić information content (AvgIpc) is 2.31. The molecule has 1 rings (SSSR count). The minimum Gasteiger partial charge on any atom is -0.305 e. The van der Waals surface area contributed by atoms with Gasteiger partial charge in [0.15, 0.2) is 0 Å². The summed E-state index contributed by atoms with van der Waals surface area (Å²) in [5, 5.41) is 2.82. The Morgan fingerprint density at radius 1 is 1.22 bits per heavy atom. The average molecular weight is 284 g/mol. The lowest BCUT2D eigenvalue weighted by Crippen LogP contribution is -2.42. The van der Waals surface area contributed by atoms with E-state index in [4.69, 9.17) is 11.6 Å². The highest BCUT2D eigenvalue weighted by atomic mass is 35.5. The van der Waals surface area contributed by atoms with Gasteiger partial charge in [0.2, 0.25) is 0 Å². The third-order valence-electron chi connectivity index (χ3n) is 2.48. The molecule has 1 aromatic carbocycles. The summed E-state index contributed by atoms with van der Waals surface area (Å²) < 4.78 is 51.8. The first-order valence-electron chi connectivity index (χ1n) is 5.54. The maximum atomic E-state index is 13.5. The Bertz CT molecular complexity index is 367. The van der Waals surface area contributed by atoms with Gasteiger partial charge in [-0.2, -0.15) is 8.78 Å². The van der Waals surface area contributed by atoms with Crippen LogP contribution in [-0.2, 0) is 0 Å². The molecule has 0 heterocycles. The highest BCUT2D eigenvalue weighted by Gasteiger charge is 2.49. The predicted molar refractivity (Wildman–Crippen MR) is 63.4 cm³/mol. The third-order valence-corrected chi connectivity index (χ3v) is 2.73. The van der Waals surface area contributed by atoms with Crippen LogP contribution in [0.15, 0.2) is 24.3 Å². The van der Waals surface area contributed by atoms with Crippen molar-refractivity contribution in [1.82, 2.24) is 5.32 Å². The van der Waals surface area contributed by atoms with Gasteiger partial charge in [0.25, 0.3) is 0 Å². The standard InChI is InChI=1S/C12H14ClF4N/c1-2-7-18-10(12(16,17)11(14)15)8-3-5-9(13)6-4-8/h3-6,10-11,18H,2,7H2,1H3. The molecule has 0 bridgehead atoms. The highest BCUT2D eigenvalue weighted by Crippen LogP contribution is 2.36. The second kappa shape index (κ2) is 6.38. The Hall–Kier alpha value is -0.810. The van der Waals surface area contributed by atoms with Crippen molar-refractivity contribution in [2.45, 2.75) is 31.7 Å². The number of alkyl halides is 4. The zero-order chi connectivity index (χ0) is 13.8. The van der Waals surface area contributed by atoms with Crippen LogP contribution in [0.5, 0.6) is 0 Å². The first-order valence-corrected chi connectivity index (χ1v) is 5.92. The van der Waals surface area contributed by atoms with Crippen molar-refractivity contribution in [1.29, 1.82) is 0 Å². The van der Waals surface area contributed by atoms with Crippen LogP contribution in [0, 0.1) is 0 Å². The van der Waals surface area contributed by atoms with E-state index >= 15 is 0 Å². The molecule has 0 saturated carbocycles. The van der Waals surface area contributed by atoms with Gasteiger partial charge in [0.05, 0.1) is 0 Å². The zero-order valence-electron chi connectivity index (χ0n) is 9.77. The number of hydrogen-bond acceptors (Lipinski definition) is 1. The van der Waals surface area contributed by atoms with E-state index in [0.717, 1.165) is 0 Å². The molecule has 102 valence electrons. The Labute approximate surface area is 108 Å². The molecule has 1 aromatic rings. The topological polar surface area (TPSA) is 12.0 Å². The quantitative estimate of drug-likeness (QED) is 0.768. The van der Waals surface area contributed by atoms with E-state index < -0.39 is 18.4 Å². The maximum Gasteiger partial charge on any atom is 0.326 e. The number of nitrogens with one attached hydrogen (secondary N) is 1. The van der Waals surface area contributed by atoms with Gasteiger partial charge in [0.1, 0.15) is 6.04 Å². The van der Waals surface area contributed by atoms with Gasteiger partial charge in [-0.15, -0.1) is 0 Å². The molecular formula is C12H14ClF4N. The summed E-state index contributed by atoms with van der Waals surface area (Å²) in [6.45, 7) is 2.00. The van der Waals surface area contributed by atoms with E-state index in [0.29, 0.717) is 11.4 Å². The summed E-state index contributed by atoms with van der Waals surface area (Å²) in [7, 11) is 0. The molecule has 1 N–H and O–H groups in total. The van der Waals surface area contributed by atoms with Gasteiger partial charge in [-0.3, -0.25) is 0 Å². The molecular weight excluding hydrogens is 270 g/mol. The smallest absolute Gasteiger partial charge is 0.305 e. The molecule has 0 aliphatic carbocycles. The Morgan fingerprint density at radius 3 is 2.22 bits per heavy atom. The summed E-state index contributed by atoms with van der Waals surface area (Å²) in [6, 6.07) is 3.74. The normalized spacial score (nSPS) is 13.9. The maximum absolute atomic E-state index is 13.5. The van der Waals surface area contributed by atoms with Gasteiger partial charge < -0.3 is 5.32 Å². The van der Waals surface area contributed by atoms with Crippen LogP contribution >= 0.6 is 11.6 Å². The lowest BCUT2D eigenvalue weighted by molar-refractivity contribution is -0.151. The van der Waals surface area contributed by atoms with Crippen molar-refractivity contribution in [3.8, 4) is 0 Å². The molecule has 18 heavy (non-hydrogen) atoms. The largest absolute Gasteiger partial charge is 0.326 e. The molecule has 1 atom stereocenters. The van der Waals surface area contributed by atoms with Crippen LogP contribution < -0.4 is 5.32 Å². The summed E-state index contributed by atoms with van der Waals surface area (Å²) in [6.07, 6.45) is -3.15. The molecule has 6 heteroatoms. The first-order chi connectivity index (χ1) is 8.39. The molecule has 0 aliphatic rings. The van der Waals surface area contributed by atoms with E-state index in [1.807, 2.05) is 0 Å². The summed E-state index contributed by atoms with van der Waals surface area (Å²) in [4.78, 5) is 0. The Balaban J connectivity index is 3.01. The first kappa shape index (κ1) is 15.2. The second-order valence-corrected chi connectivity index (χ2v) is 4.35. The monoisotopic (exact) mass is 283 g/mol. The van der Waals surface area contributed by atoms with E-state index in [1.54, 1.807) is 6.92 Å². The van der Waals surface area contributed by atoms with E-state index in [-0.39, 0.29) is 12.1 Å². The van der Waals surface area contributed by atoms with Gasteiger partial charge in [-0.1, -0.05) is 30.7 Å². The molecule has 0 saturated heterocycles. The van der Waals surface area contributed by atoms with Gasteiger partial charge in [-0.05, 0) is 30.7 Å². The number of hydrogen-bond donors (Lipinski definition) is 1. The molecule has 0 radical (unpaired) electrons. The minimum atomic E-state index is -4.12. The lowest BCUT2D eigenvalue weighted by atomic mass is 10.0. The Morgan fingerprint density at radius 2 is 1.78 bits per heavy atom. The predicted octanol–water partition coefficient (Wildman–Crippen LogP) is 4.28. The van der Waals surface area contributed by atoms with Crippen molar-refractivity contribution in [3.05, 3.63) is 34.9 Å². The van der Waals surface area contributed by atoms with Gasteiger partial charge >= 0.3 is 12.3 Å². The van der Waals surface area contributed by atoms with Crippen LogP contribution in [0.3, 0.4) is 0 Å². The fourth-order valence-electron chi connectivity index (χ4n) is 1.55. The molecule has 0 aliphatic heterocycles. The molecule has 0 spiro atoms. The summed E-state index contributed by atoms with van der Waals surface area (Å²) >= 11 is 5.64. The van der Waals surface area contributed by atoms with Crippen molar-refractivity contribution in [3.63, 3.8) is 0 Å². The fraction of sp³-hybridized carbons (Fsp3) is 0.500. The van der Waals surface area contributed by atoms with Crippen LogP contribution in [0.25, 0.3) is 0 Å². The van der Waals surface area contributed by atoms with Gasteiger partial charge in [0, 0.05) is 5.02 Å². The highest BCUT2D eigenvalue weighted by molar-refractivity contribution is 6.30. The fourth-order valence-corrected chi connectivity index (χ4v) is 1.67. The molecule has 0 amide bonds. The van der Waals surface area contributed by atoms with E-state index in [2.05, 4.69) is 5.32 Å². The summed E-state index contributed by atoms with van der Waals surface area (Å²) in [5.41, 5.74) is 0.0955. The second-order valence-electron chi connectivity index (χ2n) is 3.91. The van der Waals surface area contributed by atoms with Crippen LogP contribution in [0.2, 0.25) is 5.02 Å². The van der Waals surface area contributed by atoms with Crippen molar-refractivity contribution >= 4 is 11.6 Å². The third kappa shape index (κ3) is 3.59. The number of benzene rings is 1. The number of halogens is 5.